The molecule has 0 fully saturated rings. The van der Waals surface area contributed by atoms with Gasteiger partial charge in [-0.3, -0.25) is 0 Å². The smallest absolute Gasteiger partial charge is 0.0283 e. The lowest BCUT2D eigenvalue weighted by molar-refractivity contribution is 0.349. The Labute approximate surface area is 88.8 Å². The van der Waals surface area contributed by atoms with E-state index in [1.807, 2.05) is 11.1 Å². The van der Waals surface area contributed by atoms with E-state index in [-0.39, 0.29) is 0 Å². The molecular formula is C14H24. The average molecular weight is 192 g/mol. The Morgan fingerprint density at radius 2 is 1.00 bits per heavy atom. The van der Waals surface area contributed by atoms with Crippen LogP contribution in [0.3, 0.4) is 0 Å². The molecule has 2 aliphatic rings. The molecule has 0 aromatic rings. The predicted octanol–water partition coefficient (Wildman–Crippen LogP) is 4.42. The van der Waals surface area contributed by atoms with E-state index in [2.05, 4.69) is 27.7 Å². The lowest BCUT2D eigenvalue weighted by atomic mass is 9.85. The zero-order chi connectivity index (χ0) is 10.3. The highest BCUT2D eigenvalue weighted by molar-refractivity contribution is 5.27. The molecule has 0 heterocycles. The fraction of sp³-hybridized carbons (Fsp3) is 0.857. The minimum absolute atomic E-state index is 0.887. The van der Waals surface area contributed by atoms with Gasteiger partial charge in [0.05, 0.1) is 0 Å². The molecule has 0 atom stereocenters. The Balaban J connectivity index is 1.94. The predicted molar refractivity (Wildman–Crippen MR) is 62.2 cm³/mol. The first kappa shape index (κ1) is 10.3. The molecule has 0 aromatic carbocycles. The van der Waals surface area contributed by atoms with Crippen molar-refractivity contribution in [2.24, 2.45) is 23.7 Å². The summed E-state index contributed by atoms with van der Waals surface area (Å²) in [6.07, 6.45) is 5.71. The summed E-state index contributed by atoms with van der Waals surface area (Å²) in [6.45, 7) is 9.53. The summed E-state index contributed by atoms with van der Waals surface area (Å²) < 4.78 is 0. The van der Waals surface area contributed by atoms with Gasteiger partial charge in [0.1, 0.15) is 0 Å². The van der Waals surface area contributed by atoms with Crippen LogP contribution < -0.4 is 0 Å². The summed E-state index contributed by atoms with van der Waals surface area (Å²) in [7, 11) is 0. The van der Waals surface area contributed by atoms with Crippen molar-refractivity contribution in [1.82, 2.24) is 0 Å². The second-order valence-corrected chi connectivity index (χ2v) is 6.03. The molecule has 14 heavy (non-hydrogen) atoms. The van der Waals surface area contributed by atoms with Gasteiger partial charge in [0.15, 0.2) is 0 Å². The van der Waals surface area contributed by atoms with E-state index < -0.39 is 0 Å². The largest absolute Gasteiger partial charge is 0.0704 e. The third-order valence-corrected chi connectivity index (χ3v) is 4.42. The van der Waals surface area contributed by atoms with Crippen molar-refractivity contribution >= 4 is 0 Å². The first-order valence-electron chi connectivity index (χ1n) is 6.27. The van der Waals surface area contributed by atoms with Gasteiger partial charge in [0.2, 0.25) is 0 Å². The maximum atomic E-state index is 2.38. The van der Waals surface area contributed by atoms with Crippen LogP contribution in [0.2, 0.25) is 0 Å². The van der Waals surface area contributed by atoms with E-state index in [1.165, 1.54) is 25.7 Å². The van der Waals surface area contributed by atoms with E-state index in [1.54, 1.807) is 0 Å². The molecule has 0 bridgehead atoms. The molecule has 0 saturated heterocycles. The van der Waals surface area contributed by atoms with E-state index in [9.17, 15) is 0 Å². The van der Waals surface area contributed by atoms with Gasteiger partial charge in [-0.05, 0) is 49.4 Å². The summed E-state index contributed by atoms with van der Waals surface area (Å²) in [6, 6.07) is 0. The van der Waals surface area contributed by atoms with Crippen molar-refractivity contribution in [3.8, 4) is 0 Å². The molecule has 80 valence electrons. The van der Waals surface area contributed by atoms with E-state index in [0.717, 1.165) is 23.7 Å². The average Bonchev–Trinajstić information content (AvgIpc) is 2.57. The standard InChI is InChI=1S/C14H24/c1-9(2)11-5-13-7-12(10(3)4)8-14(13)6-11/h9-12H,5-8H2,1-4H3. The molecule has 0 spiro atoms. The highest BCUT2D eigenvalue weighted by Crippen LogP contribution is 2.48. The summed E-state index contributed by atoms with van der Waals surface area (Å²) >= 11 is 0. The summed E-state index contributed by atoms with van der Waals surface area (Å²) in [5.74, 6) is 3.73. The maximum absolute atomic E-state index is 2.38. The van der Waals surface area contributed by atoms with Gasteiger partial charge in [-0.2, -0.15) is 0 Å². The first-order valence-corrected chi connectivity index (χ1v) is 6.27. The monoisotopic (exact) mass is 192 g/mol. The van der Waals surface area contributed by atoms with Crippen molar-refractivity contribution in [3.63, 3.8) is 0 Å². The van der Waals surface area contributed by atoms with Crippen LogP contribution in [0.4, 0.5) is 0 Å². The molecule has 0 unspecified atom stereocenters. The van der Waals surface area contributed by atoms with Crippen LogP contribution in [0, 0.1) is 23.7 Å². The second-order valence-electron chi connectivity index (χ2n) is 6.03. The lowest BCUT2D eigenvalue weighted by Gasteiger charge is -2.20. The van der Waals surface area contributed by atoms with E-state index in [0.29, 0.717) is 0 Å². The summed E-state index contributed by atoms with van der Waals surface area (Å²) in [5.41, 5.74) is 3.70. The van der Waals surface area contributed by atoms with Gasteiger partial charge in [0.25, 0.3) is 0 Å². The molecule has 0 saturated carbocycles. The topological polar surface area (TPSA) is 0 Å². The third kappa shape index (κ3) is 1.76. The molecule has 0 aliphatic heterocycles. The third-order valence-electron chi connectivity index (χ3n) is 4.42. The number of hydrogen-bond donors (Lipinski definition) is 0. The molecular weight excluding hydrogens is 168 g/mol. The van der Waals surface area contributed by atoms with E-state index in [4.69, 9.17) is 0 Å². The number of rotatable bonds is 2. The highest BCUT2D eigenvalue weighted by atomic mass is 14.4. The summed E-state index contributed by atoms with van der Waals surface area (Å²) in [4.78, 5) is 0. The maximum Gasteiger partial charge on any atom is -0.0283 e. The molecule has 2 rings (SSSR count). The van der Waals surface area contributed by atoms with Crippen molar-refractivity contribution in [2.75, 3.05) is 0 Å². The SMILES string of the molecule is CC(C)C1CC2=C(C1)CC(C(C)C)C2. The van der Waals surface area contributed by atoms with Gasteiger partial charge in [0, 0.05) is 0 Å². The van der Waals surface area contributed by atoms with Crippen LogP contribution in [-0.2, 0) is 0 Å². The normalized spacial score (nSPS) is 24.4. The molecule has 0 N–H and O–H groups in total. The van der Waals surface area contributed by atoms with Crippen molar-refractivity contribution < 1.29 is 0 Å². The molecule has 2 aliphatic carbocycles. The van der Waals surface area contributed by atoms with Gasteiger partial charge < -0.3 is 0 Å². The quantitative estimate of drug-likeness (QED) is 0.568. The minimum atomic E-state index is 0.887. The van der Waals surface area contributed by atoms with Crippen LogP contribution in [0.25, 0.3) is 0 Å². The zero-order valence-corrected chi connectivity index (χ0v) is 10.1. The van der Waals surface area contributed by atoms with Crippen LogP contribution >= 0.6 is 0 Å². The highest BCUT2D eigenvalue weighted by Gasteiger charge is 2.34. The molecule has 0 heteroatoms. The van der Waals surface area contributed by atoms with Crippen molar-refractivity contribution in [3.05, 3.63) is 11.1 Å². The van der Waals surface area contributed by atoms with Gasteiger partial charge in [-0.15, -0.1) is 0 Å². The van der Waals surface area contributed by atoms with Crippen LogP contribution in [0.15, 0.2) is 11.1 Å². The lowest BCUT2D eigenvalue weighted by Crippen LogP contribution is -2.10. The Morgan fingerprint density at radius 3 is 1.21 bits per heavy atom. The van der Waals surface area contributed by atoms with Crippen LogP contribution in [0.1, 0.15) is 53.4 Å². The fourth-order valence-electron chi connectivity index (χ4n) is 3.10. The molecule has 0 nitrogen and oxygen atoms in total. The Hall–Kier alpha value is -0.260. The van der Waals surface area contributed by atoms with Gasteiger partial charge in [-0.1, -0.05) is 38.8 Å². The first-order chi connectivity index (χ1) is 6.58. The van der Waals surface area contributed by atoms with E-state index >= 15 is 0 Å². The van der Waals surface area contributed by atoms with Gasteiger partial charge >= 0.3 is 0 Å². The second kappa shape index (κ2) is 3.72. The Bertz CT molecular complexity index is 203. The van der Waals surface area contributed by atoms with Crippen LogP contribution in [0.5, 0.6) is 0 Å². The fourth-order valence-corrected chi connectivity index (χ4v) is 3.10. The minimum Gasteiger partial charge on any atom is -0.0704 e. The van der Waals surface area contributed by atoms with Gasteiger partial charge in [-0.25, -0.2) is 0 Å². The number of allylic oxidation sites excluding steroid dienone is 2. The Kier molecular flexibility index (Phi) is 2.72. The zero-order valence-electron chi connectivity index (χ0n) is 10.1. The van der Waals surface area contributed by atoms with Crippen LogP contribution in [-0.4, -0.2) is 0 Å². The number of hydrogen-bond acceptors (Lipinski definition) is 0. The molecule has 0 radical (unpaired) electrons. The molecule has 0 amide bonds. The Morgan fingerprint density at radius 1 is 0.714 bits per heavy atom. The molecule has 0 aromatic heterocycles. The summed E-state index contributed by atoms with van der Waals surface area (Å²) in [5, 5.41) is 0. The van der Waals surface area contributed by atoms with Crippen molar-refractivity contribution in [2.45, 2.75) is 53.4 Å². The van der Waals surface area contributed by atoms with Crippen molar-refractivity contribution in [1.29, 1.82) is 0 Å².